The molecule has 1 heterocycles. The Morgan fingerprint density at radius 1 is 0.846 bits per heavy atom. The molecule has 2 N–H and O–H groups in total. The third kappa shape index (κ3) is 6.12. The zero-order valence-corrected chi connectivity index (χ0v) is 22.0. The van der Waals surface area contributed by atoms with E-state index in [1.807, 2.05) is 79.7 Å². The Labute approximate surface area is 228 Å². The van der Waals surface area contributed by atoms with Crippen LogP contribution in [0.5, 0.6) is 5.75 Å². The maximum Gasteiger partial charge on any atom is 0.337 e. The van der Waals surface area contributed by atoms with Crippen molar-refractivity contribution in [3.63, 3.8) is 0 Å². The van der Waals surface area contributed by atoms with Crippen LogP contribution in [-0.4, -0.2) is 30.1 Å². The van der Waals surface area contributed by atoms with Crippen LogP contribution in [0, 0.1) is 6.92 Å². The van der Waals surface area contributed by atoms with Crippen LogP contribution in [0.15, 0.2) is 91.0 Å². The quantitative estimate of drug-likeness (QED) is 0.257. The molecule has 198 valence electrons. The standard InChI is InChI=1S/C33H32N2O4/c1-23-10-6-7-13-27(23)25-14-16-28(33(37)38)30(20-25)34-32(36)29-21-26(35-18-8-3-9-19-35)15-17-31(29)39-22-24-11-4-2-5-12-24/h2,4-7,10-17,20-21H,3,8-9,18-19,22H2,1H3,(H,34,36)(H,37,38). The Hall–Kier alpha value is -4.58. The molecule has 6 nitrogen and oxygen atoms in total. The number of amides is 1. The second kappa shape index (κ2) is 11.9. The highest BCUT2D eigenvalue weighted by atomic mass is 16.5. The minimum atomic E-state index is -1.11. The maximum atomic E-state index is 13.8. The molecule has 5 rings (SSSR count). The molecule has 0 radical (unpaired) electrons. The zero-order chi connectivity index (χ0) is 27.2. The predicted octanol–water partition coefficient (Wildman–Crippen LogP) is 7.18. The average Bonchev–Trinajstić information content (AvgIpc) is 2.97. The fraction of sp³-hybridized carbons (Fsp3) is 0.212. The number of carboxylic acids is 1. The Bertz CT molecular complexity index is 1480. The summed E-state index contributed by atoms with van der Waals surface area (Å²) in [6, 6.07) is 28.4. The molecule has 0 saturated carbocycles. The number of hydrogen-bond donors (Lipinski definition) is 2. The van der Waals surface area contributed by atoms with Crippen molar-refractivity contribution in [2.24, 2.45) is 0 Å². The van der Waals surface area contributed by atoms with Gasteiger partial charge < -0.3 is 20.1 Å². The molecule has 39 heavy (non-hydrogen) atoms. The largest absolute Gasteiger partial charge is 0.488 e. The number of carbonyl (C=O) groups is 2. The van der Waals surface area contributed by atoms with Gasteiger partial charge in [0.1, 0.15) is 12.4 Å². The van der Waals surface area contributed by atoms with Gasteiger partial charge in [0.15, 0.2) is 0 Å². The molecule has 1 aliphatic heterocycles. The number of aryl methyl sites for hydroxylation is 1. The fourth-order valence-corrected chi connectivity index (χ4v) is 4.99. The number of nitrogens with one attached hydrogen (secondary N) is 1. The summed E-state index contributed by atoms with van der Waals surface area (Å²) >= 11 is 0. The Morgan fingerprint density at radius 2 is 1.59 bits per heavy atom. The van der Waals surface area contributed by atoms with E-state index in [1.165, 1.54) is 12.5 Å². The van der Waals surface area contributed by atoms with E-state index in [0.29, 0.717) is 17.9 Å². The van der Waals surface area contributed by atoms with E-state index < -0.39 is 11.9 Å². The summed E-state index contributed by atoms with van der Waals surface area (Å²) in [5.74, 6) is -1.07. The summed E-state index contributed by atoms with van der Waals surface area (Å²) in [5.41, 5.74) is 5.45. The van der Waals surface area contributed by atoms with Gasteiger partial charge in [-0.2, -0.15) is 0 Å². The summed E-state index contributed by atoms with van der Waals surface area (Å²) in [5, 5.41) is 12.7. The van der Waals surface area contributed by atoms with Gasteiger partial charge in [0.2, 0.25) is 0 Å². The van der Waals surface area contributed by atoms with Crippen molar-refractivity contribution in [2.45, 2.75) is 32.8 Å². The minimum absolute atomic E-state index is 0.0274. The molecule has 1 aliphatic rings. The molecule has 4 aromatic rings. The maximum absolute atomic E-state index is 13.8. The van der Waals surface area contributed by atoms with E-state index in [1.54, 1.807) is 12.1 Å². The number of benzene rings is 4. The fourth-order valence-electron chi connectivity index (χ4n) is 4.99. The molecule has 6 heteroatoms. The normalized spacial score (nSPS) is 13.1. The van der Waals surface area contributed by atoms with E-state index >= 15 is 0 Å². The van der Waals surface area contributed by atoms with Crippen molar-refractivity contribution in [1.29, 1.82) is 0 Å². The molecular formula is C33H32N2O4. The first-order valence-corrected chi connectivity index (χ1v) is 13.3. The van der Waals surface area contributed by atoms with E-state index in [2.05, 4.69) is 10.2 Å². The van der Waals surface area contributed by atoms with Gasteiger partial charge >= 0.3 is 5.97 Å². The predicted molar refractivity (Wildman–Crippen MR) is 155 cm³/mol. The van der Waals surface area contributed by atoms with Crippen LogP contribution in [0.1, 0.15) is 51.1 Å². The molecule has 0 aliphatic carbocycles. The summed E-state index contributed by atoms with van der Waals surface area (Å²) in [6.07, 6.45) is 3.43. The molecule has 1 amide bonds. The first-order valence-electron chi connectivity index (χ1n) is 13.3. The van der Waals surface area contributed by atoms with Crippen LogP contribution in [0.2, 0.25) is 0 Å². The molecule has 1 fully saturated rings. The van der Waals surface area contributed by atoms with Gasteiger partial charge in [-0.15, -0.1) is 0 Å². The Kier molecular flexibility index (Phi) is 7.92. The number of aromatic carboxylic acids is 1. The lowest BCUT2D eigenvalue weighted by Gasteiger charge is -2.29. The number of carbonyl (C=O) groups excluding carboxylic acids is 1. The Balaban J connectivity index is 1.49. The van der Waals surface area contributed by atoms with Crippen LogP contribution >= 0.6 is 0 Å². The number of ether oxygens (including phenoxy) is 1. The highest BCUT2D eigenvalue weighted by Crippen LogP contribution is 2.31. The van der Waals surface area contributed by atoms with Gasteiger partial charge in [0.25, 0.3) is 5.91 Å². The number of hydrogen-bond acceptors (Lipinski definition) is 4. The smallest absolute Gasteiger partial charge is 0.337 e. The van der Waals surface area contributed by atoms with Crippen molar-refractivity contribution in [1.82, 2.24) is 0 Å². The van der Waals surface area contributed by atoms with Crippen LogP contribution < -0.4 is 15.0 Å². The lowest BCUT2D eigenvalue weighted by atomic mass is 9.98. The van der Waals surface area contributed by atoms with Gasteiger partial charge in [-0.05, 0) is 78.8 Å². The van der Waals surface area contributed by atoms with Gasteiger partial charge in [-0.3, -0.25) is 4.79 Å². The highest BCUT2D eigenvalue weighted by molar-refractivity contribution is 6.10. The van der Waals surface area contributed by atoms with Gasteiger partial charge in [0, 0.05) is 18.8 Å². The van der Waals surface area contributed by atoms with Gasteiger partial charge in [-0.1, -0.05) is 60.7 Å². The second-order valence-corrected chi connectivity index (χ2v) is 9.84. The lowest BCUT2D eigenvalue weighted by molar-refractivity contribution is 0.0698. The molecule has 4 aromatic carbocycles. The average molecular weight is 521 g/mol. The number of anilines is 2. The summed E-state index contributed by atoms with van der Waals surface area (Å²) < 4.78 is 6.12. The van der Waals surface area contributed by atoms with Crippen LogP contribution in [-0.2, 0) is 6.61 Å². The van der Waals surface area contributed by atoms with Gasteiger partial charge in [0.05, 0.1) is 16.8 Å². The zero-order valence-electron chi connectivity index (χ0n) is 22.0. The molecule has 0 unspecified atom stereocenters. The number of rotatable bonds is 8. The number of piperidine rings is 1. The lowest BCUT2D eigenvalue weighted by Crippen LogP contribution is -2.29. The van der Waals surface area contributed by atoms with Crippen LogP contribution in [0.3, 0.4) is 0 Å². The van der Waals surface area contributed by atoms with E-state index in [0.717, 1.165) is 53.9 Å². The molecule has 0 spiro atoms. The Morgan fingerprint density at radius 3 is 2.33 bits per heavy atom. The summed E-state index contributed by atoms with van der Waals surface area (Å²) in [6.45, 7) is 4.19. The van der Waals surface area contributed by atoms with Crippen molar-refractivity contribution in [3.05, 3.63) is 113 Å². The SMILES string of the molecule is Cc1ccccc1-c1ccc(C(=O)O)c(NC(=O)c2cc(N3CCCCC3)ccc2OCc2ccccc2)c1. The highest BCUT2D eigenvalue weighted by Gasteiger charge is 2.21. The van der Waals surface area contributed by atoms with Gasteiger partial charge in [-0.25, -0.2) is 4.79 Å². The van der Waals surface area contributed by atoms with Crippen molar-refractivity contribution < 1.29 is 19.4 Å². The first-order chi connectivity index (χ1) is 19.0. The molecule has 0 atom stereocenters. The molecule has 0 bridgehead atoms. The minimum Gasteiger partial charge on any atom is -0.488 e. The topological polar surface area (TPSA) is 78.9 Å². The van der Waals surface area contributed by atoms with E-state index in [4.69, 9.17) is 4.74 Å². The van der Waals surface area contributed by atoms with E-state index in [-0.39, 0.29) is 11.3 Å². The van der Waals surface area contributed by atoms with Crippen molar-refractivity contribution >= 4 is 23.3 Å². The van der Waals surface area contributed by atoms with Crippen LogP contribution in [0.25, 0.3) is 11.1 Å². The monoisotopic (exact) mass is 520 g/mol. The summed E-state index contributed by atoms with van der Waals surface area (Å²) in [4.78, 5) is 28.1. The van der Waals surface area contributed by atoms with Crippen molar-refractivity contribution in [2.75, 3.05) is 23.3 Å². The van der Waals surface area contributed by atoms with E-state index in [9.17, 15) is 14.7 Å². The number of carboxylic acid groups (broad SMARTS) is 1. The molecular weight excluding hydrogens is 488 g/mol. The summed E-state index contributed by atoms with van der Waals surface area (Å²) in [7, 11) is 0. The third-order valence-electron chi connectivity index (χ3n) is 7.12. The molecule has 0 aromatic heterocycles. The molecule has 1 saturated heterocycles. The third-order valence-corrected chi connectivity index (χ3v) is 7.12. The first kappa shape index (κ1) is 26.0. The second-order valence-electron chi connectivity index (χ2n) is 9.84. The van der Waals surface area contributed by atoms with Crippen molar-refractivity contribution in [3.8, 4) is 16.9 Å². The number of nitrogens with zero attached hydrogens (tertiary/aromatic N) is 1. The van der Waals surface area contributed by atoms with Crippen LogP contribution in [0.4, 0.5) is 11.4 Å².